The summed E-state index contributed by atoms with van der Waals surface area (Å²) >= 11 is 0. The van der Waals surface area contributed by atoms with Crippen LogP contribution >= 0.6 is 0 Å². The van der Waals surface area contributed by atoms with Crippen molar-refractivity contribution >= 4 is 17.5 Å². The van der Waals surface area contributed by atoms with E-state index in [9.17, 15) is 9.59 Å². The summed E-state index contributed by atoms with van der Waals surface area (Å²) in [5.41, 5.74) is 0.901. The number of likely N-dealkylation sites (N-methyl/N-ethyl adjacent to an activating group) is 1. The third kappa shape index (κ3) is 4.84. The van der Waals surface area contributed by atoms with Crippen molar-refractivity contribution in [3.05, 3.63) is 30.3 Å². The highest BCUT2D eigenvalue weighted by Gasteiger charge is 2.26. The second-order valence-corrected chi connectivity index (χ2v) is 6.35. The van der Waals surface area contributed by atoms with Crippen molar-refractivity contribution < 1.29 is 14.5 Å². The molecule has 0 aromatic heterocycles. The first-order chi connectivity index (χ1) is 10.5. The van der Waals surface area contributed by atoms with E-state index in [-0.39, 0.29) is 17.9 Å². The molecule has 0 radical (unpaired) electrons. The monoisotopic (exact) mass is 304 g/mol. The number of anilines is 1. The molecular formula is C17H26N3O2+. The molecular weight excluding hydrogens is 278 g/mol. The van der Waals surface area contributed by atoms with Crippen LogP contribution in [0.1, 0.15) is 26.7 Å². The summed E-state index contributed by atoms with van der Waals surface area (Å²) in [6, 6.07) is 10.1. The molecule has 1 unspecified atom stereocenters. The van der Waals surface area contributed by atoms with E-state index in [1.54, 1.807) is 4.90 Å². The summed E-state index contributed by atoms with van der Waals surface area (Å²) in [4.78, 5) is 27.1. The van der Waals surface area contributed by atoms with Gasteiger partial charge in [-0.3, -0.25) is 9.59 Å². The lowest BCUT2D eigenvalue weighted by Gasteiger charge is -2.27. The Kier molecular flexibility index (Phi) is 5.55. The van der Waals surface area contributed by atoms with Crippen molar-refractivity contribution in [1.82, 2.24) is 5.32 Å². The minimum atomic E-state index is 0.0311. The van der Waals surface area contributed by atoms with Gasteiger partial charge >= 0.3 is 0 Å². The zero-order valence-corrected chi connectivity index (χ0v) is 13.6. The Balaban J connectivity index is 1.91. The number of amides is 2. The molecule has 1 fully saturated rings. The molecule has 2 N–H and O–H groups in total. The largest absolute Gasteiger partial charge is 0.348 e. The van der Waals surface area contributed by atoms with Crippen LogP contribution in [-0.2, 0) is 9.59 Å². The lowest BCUT2D eigenvalue weighted by atomic mass is 10.2. The molecule has 22 heavy (non-hydrogen) atoms. The number of rotatable bonds is 7. The van der Waals surface area contributed by atoms with E-state index in [1.165, 1.54) is 0 Å². The fraction of sp³-hybridized carbons (Fsp3) is 0.529. The van der Waals surface area contributed by atoms with Crippen LogP contribution in [-0.4, -0.2) is 44.0 Å². The predicted molar refractivity (Wildman–Crippen MR) is 86.8 cm³/mol. The average Bonchev–Trinajstić information content (AvgIpc) is 3.22. The SMILES string of the molecule is CC(C)N(C(=O)C[NH+](C)CC(=O)NC1CC1)c1ccccc1. The molecule has 0 aliphatic heterocycles. The number of nitrogens with zero attached hydrogens (tertiary/aromatic N) is 1. The van der Waals surface area contributed by atoms with E-state index in [1.807, 2.05) is 51.2 Å². The Morgan fingerprint density at radius 3 is 2.41 bits per heavy atom. The van der Waals surface area contributed by atoms with Gasteiger partial charge in [-0.1, -0.05) is 18.2 Å². The summed E-state index contributed by atoms with van der Waals surface area (Å²) in [5.74, 6) is 0.0709. The molecule has 5 nitrogen and oxygen atoms in total. The van der Waals surface area contributed by atoms with Crippen LogP contribution in [0, 0.1) is 0 Å². The lowest BCUT2D eigenvalue weighted by Crippen LogP contribution is -3.11. The Morgan fingerprint density at radius 2 is 1.86 bits per heavy atom. The van der Waals surface area contributed by atoms with E-state index in [2.05, 4.69) is 5.32 Å². The molecule has 2 amide bonds. The van der Waals surface area contributed by atoms with Gasteiger partial charge in [0.2, 0.25) is 0 Å². The standard InChI is InChI=1S/C17H25N3O2/c1-13(2)20(15-7-5-4-6-8-15)17(22)12-19(3)11-16(21)18-14-9-10-14/h4-8,13-14H,9-12H2,1-3H3,(H,18,21)/p+1. The maximum Gasteiger partial charge on any atom is 0.282 e. The first-order valence-electron chi connectivity index (χ1n) is 7.95. The minimum Gasteiger partial charge on any atom is -0.348 e. The molecule has 120 valence electrons. The van der Waals surface area contributed by atoms with E-state index in [0.717, 1.165) is 23.4 Å². The van der Waals surface area contributed by atoms with Gasteiger partial charge in [-0.2, -0.15) is 0 Å². The maximum atomic E-state index is 12.6. The van der Waals surface area contributed by atoms with Crippen LogP contribution < -0.4 is 15.1 Å². The van der Waals surface area contributed by atoms with Crippen LogP contribution in [0.2, 0.25) is 0 Å². The van der Waals surface area contributed by atoms with Gasteiger partial charge in [0.05, 0.1) is 7.05 Å². The molecule has 1 saturated carbocycles. The minimum absolute atomic E-state index is 0.0311. The lowest BCUT2D eigenvalue weighted by molar-refractivity contribution is -0.862. The maximum absolute atomic E-state index is 12.6. The van der Waals surface area contributed by atoms with Gasteiger partial charge in [0.15, 0.2) is 13.1 Å². The van der Waals surface area contributed by atoms with Crippen LogP contribution in [0.15, 0.2) is 30.3 Å². The highest BCUT2D eigenvalue weighted by atomic mass is 16.2. The first kappa shape index (κ1) is 16.5. The van der Waals surface area contributed by atoms with Gasteiger partial charge in [0, 0.05) is 17.8 Å². The smallest absolute Gasteiger partial charge is 0.282 e. The summed E-state index contributed by atoms with van der Waals surface area (Å²) < 4.78 is 0. The molecule has 1 aliphatic rings. The number of benzene rings is 1. The third-order valence-corrected chi connectivity index (χ3v) is 3.68. The summed E-state index contributed by atoms with van der Waals surface area (Å²) in [6.45, 7) is 4.65. The number of carbonyl (C=O) groups is 2. The number of para-hydroxylation sites is 1. The van der Waals surface area contributed by atoms with Crippen molar-refractivity contribution in [2.24, 2.45) is 0 Å². The fourth-order valence-corrected chi connectivity index (χ4v) is 2.51. The molecule has 0 bridgehead atoms. The molecule has 1 aromatic carbocycles. The van der Waals surface area contributed by atoms with Gasteiger partial charge in [-0.25, -0.2) is 0 Å². The van der Waals surface area contributed by atoms with Crippen LogP contribution in [0.4, 0.5) is 5.69 Å². The predicted octanol–water partition coefficient (Wildman–Crippen LogP) is 0.221. The Labute approximate surface area is 132 Å². The van der Waals surface area contributed by atoms with Crippen molar-refractivity contribution in [3.63, 3.8) is 0 Å². The number of nitrogens with one attached hydrogen (secondary N) is 2. The van der Waals surface area contributed by atoms with E-state index in [4.69, 9.17) is 0 Å². The van der Waals surface area contributed by atoms with Crippen LogP contribution in [0.5, 0.6) is 0 Å². The summed E-state index contributed by atoms with van der Waals surface area (Å²) in [7, 11) is 1.88. The van der Waals surface area contributed by atoms with Crippen molar-refractivity contribution in [1.29, 1.82) is 0 Å². The first-order valence-corrected chi connectivity index (χ1v) is 7.95. The van der Waals surface area contributed by atoms with Gasteiger partial charge in [-0.15, -0.1) is 0 Å². The molecule has 0 heterocycles. The highest BCUT2D eigenvalue weighted by molar-refractivity contribution is 5.94. The molecule has 0 saturated heterocycles. The number of quaternary nitrogens is 1. The number of carbonyl (C=O) groups excluding carboxylic acids is 2. The van der Waals surface area contributed by atoms with Crippen molar-refractivity contribution in [3.8, 4) is 0 Å². The quantitative estimate of drug-likeness (QED) is 0.757. The molecule has 1 aliphatic carbocycles. The molecule has 1 atom stereocenters. The topological polar surface area (TPSA) is 53.9 Å². The fourth-order valence-electron chi connectivity index (χ4n) is 2.51. The Bertz CT molecular complexity index is 512. The second-order valence-electron chi connectivity index (χ2n) is 6.35. The Hall–Kier alpha value is -1.88. The molecule has 5 heteroatoms. The van der Waals surface area contributed by atoms with Gasteiger partial charge < -0.3 is 15.1 Å². The van der Waals surface area contributed by atoms with Crippen molar-refractivity contribution in [2.45, 2.75) is 38.8 Å². The van der Waals surface area contributed by atoms with Gasteiger partial charge in [-0.05, 0) is 38.8 Å². The van der Waals surface area contributed by atoms with E-state index < -0.39 is 0 Å². The summed E-state index contributed by atoms with van der Waals surface area (Å²) in [5, 5.41) is 2.96. The second kappa shape index (κ2) is 7.40. The van der Waals surface area contributed by atoms with Crippen LogP contribution in [0.3, 0.4) is 0 Å². The molecule has 0 spiro atoms. The molecule has 1 aromatic rings. The highest BCUT2D eigenvalue weighted by Crippen LogP contribution is 2.18. The third-order valence-electron chi connectivity index (χ3n) is 3.68. The zero-order valence-electron chi connectivity index (χ0n) is 13.6. The van der Waals surface area contributed by atoms with E-state index >= 15 is 0 Å². The van der Waals surface area contributed by atoms with E-state index in [0.29, 0.717) is 19.1 Å². The zero-order chi connectivity index (χ0) is 16.1. The van der Waals surface area contributed by atoms with Gasteiger partial charge in [0.25, 0.3) is 11.8 Å². The van der Waals surface area contributed by atoms with Gasteiger partial charge in [0.1, 0.15) is 0 Å². The normalized spacial score (nSPS) is 15.5. The van der Waals surface area contributed by atoms with Crippen molar-refractivity contribution in [2.75, 3.05) is 25.0 Å². The average molecular weight is 304 g/mol. The Morgan fingerprint density at radius 1 is 1.23 bits per heavy atom. The van der Waals surface area contributed by atoms with Crippen LogP contribution in [0.25, 0.3) is 0 Å². The molecule has 2 rings (SSSR count). The summed E-state index contributed by atoms with van der Waals surface area (Å²) in [6.07, 6.45) is 2.16. The number of hydrogen-bond acceptors (Lipinski definition) is 2. The number of hydrogen-bond donors (Lipinski definition) is 2.